The Morgan fingerprint density at radius 3 is 1.71 bits per heavy atom. The van der Waals surface area contributed by atoms with Crippen LogP contribution in [0.25, 0.3) is 0 Å². The maximum atomic E-state index is 12.1. The molecule has 0 N–H and O–H groups in total. The summed E-state index contributed by atoms with van der Waals surface area (Å²) in [6, 6.07) is 0. The Hall–Kier alpha value is -1.30. The molecular weight excluding hydrogens is 338 g/mol. The minimum Gasteiger partial charge on any atom is -0.443 e. The summed E-state index contributed by atoms with van der Waals surface area (Å²) in [5, 5.41) is 0. The minimum absolute atomic E-state index is 0.0242. The molecular formula is C15H24BrNO4. The number of halogens is 1. The van der Waals surface area contributed by atoms with Crippen molar-refractivity contribution < 1.29 is 19.1 Å². The predicted octanol–water partition coefficient (Wildman–Crippen LogP) is 4.62. The van der Waals surface area contributed by atoms with Crippen LogP contribution >= 0.6 is 15.9 Å². The number of hydrogen-bond acceptors (Lipinski definition) is 4. The molecule has 0 radical (unpaired) electrons. The molecule has 0 atom stereocenters. The molecule has 0 aromatic carbocycles. The van der Waals surface area contributed by atoms with Gasteiger partial charge in [0.25, 0.3) is 0 Å². The monoisotopic (exact) mass is 361 g/mol. The number of imide groups is 1. The molecule has 0 heterocycles. The third-order valence-corrected chi connectivity index (χ3v) is 2.54. The quantitative estimate of drug-likeness (QED) is 0.688. The van der Waals surface area contributed by atoms with E-state index in [9.17, 15) is 9.59 Å². The van der Waals surface area contributed by atoms with Crippen molar-refractivity contribution in [3.63, 3.8) is 0 Å². The molecule has 0 spiro atoms. The highest BCUT2D eigenvalue weighted by molar-refractivity contribution is 9.11. The zero-order valence-electron chi connectivity index (χ0n) is 13.5. The molecule has 5 nitrogen and oxygen atoms in total. The first-order chi connectivity index (χ1) is 9.35. The summed E-state index contributed by atoms with van der Waals surface area (Å²) in [6.45, 7) is 14.0. The van der Waals surface area contributed by atoms with Gasteiger partial charge < -0.3 is 9.47 Å². The Balaban J connectivity index is 5.13. The number of carbonyl (C=O) groups excluding carboxylic acids is 2. The predicted molar refractivity (Wildman–Crippen MR) is 86.4 cm³/mol. The van der Waals surface area contributed by atoms with Crippen LogP contribution in [-0.2, 0) is 9.47 Å². The van der Waals surface area contributed by atoms with E-state index < -0.39 is 23.4 Å². The topological polar surface area (TPSA) is 55.8 Å². The van der Waals surface area contributed by atoms with Gasteiger partial charge in [0.1, 0.15) is 11.2 Å². The Morgan fingerprint density at radius 1 is 1.05 bits per heavy atom. The maximum Gasteiger partial charge on any atom is 0.420 e. The Kier molecular flexibility index (Phi) is 7.16. The molecule has 0 aromatic heterocycles. The van der Waals surface area contributed by atoms with Crippen molar-refractivity contribution in [1.82, 2.24) is 4.90 Å². The first-order valence-corrected chi connectivity index (χ1v) is 7.36. The second-order valence-electron chi connectivity index (χ2n) is 6.36. The Bertz CT molecular complexity index is 402. The van der Waals surface area contributed by atoms with Crippen LogP contribution in [0.15, 0.2) is 23.2 Å². The lowest BCUT2D eigenvalue weighted by molar-refractivity contribution is 0.00374. The number of amides is 2. The zero-order valence-corrected chi connectivity index (χ0v) is 15.1. The summed E-state index contributed by atoms with van der Waals surface area (Å²) in [6.07, 6.45) is 1.68. The molecule has 0 saturated carbocycles. The van der Waals surface area contributed by atoms with Gasteiger partial charge in [0.05, 0.1) is 6.54 Å². The SMILES string of the molecule is C=C/C(Br)=C/CN(C(=O)OC(C)(C)C)C(=O)OC(C)(C)C. The standard InChI is InChI=1S/C15H24BrNO4/c1-8-11(16)9-10-17(12(18)20-14(2,3)4)13(19)21-15(5,6)7/h8-9H,1,10H2,2-7H3/b11-9-. The van der Waals surface area contributed by atoms with Crippen molar-refractivity contribution in [1.29, 1.82) is 0 Å². The fraction of sp³-hybridized carbons (Fsp3) is 0.600. The molecule has 0 fully saturated rings. The second-order valence-corrected chi connectivity index (χ2v) is 7.28. The van der Waals surface area contributed by atoms with Gasteiger partial charge in [-0.1, -0.05) is 34.7 Å². The molecule has 120 valence electrons. The highest BCUT2D eigenvalue weighted by Gasteiger charge is 2.30. The number of rotatable bonds is 3. The van der Waals surface area contributed by atoms with Gasteiger partial charge in [-0.05, 0) is 41.5 Å². The van der Waals surface area contributed by atoms with E-state index in [0.717, 1.165) is 4.90 Å². The molecule has 0 unspecified atom stereocenters. The second kappa shape index (κ2) is 7.64. The third-order valence-electron chi connectivity index (χ3n) is 1.89. The first-order valence-electron chi connectivity index (χ1n) is 6.57. The summed E-state index contributed by atoms with van der Waals surface area (Å²) < 4.78 is 11.1. The largest absolute Gasteiger partial charge is 0.443 e. The van der Waals surface area contributed by atoms with Gasteiger partial charge in [0, 0.05) is 4.48 Å². The van der Waals surface area contributed by atoms with Gasteiger partial charge in [-0.3, -0.25) is 0 Å². The van der Waals surface area contributed by atoms with E-state index >= 15 is 0 Å². The van der Waals surface area contributed by atoms with E-state index in [1.165, 1.54) is 0 Å². The summed E-state index contributed by atoms with van der Waals surface area (Å²) in [5.74, 6) is 0. The molecule has 21 heavy (non-hydrogen) atoms. The molecule has 2 amide bonds. The van der Waals surface area contributed by atoms with Gasteiger partial charge in [-0.2, -0.15) is 0 Å². The average molecular weight is 362 g/mol. The Labute approximate surface area is 135 Å². The van der Waals surface area contributed by atoms with Crippen molar-refractivity contribution in [3.05, 3.63) is 23.2 Å². The zero-order chi connectivity index (χ0) is 16.8. The van der Waals surface area contributed by atoms with Gasteiger partial charge in [0.15, 0.2) is 0 Å². The summed E-state index contributed by atoms with van der Waals surface area (Å²) in [4.78, 5) is 25.1. The van der Waals surface area contributed by atoms with E-state index in [2.05, 4.69) is 22.5 Å². The molecule has 0 aliphatic rings. The van der Waals surface area contributed by atoms with Gasteiger partial charge in [-0.25, -0.2) is 14.5 Å². The molecule has 0 aliphatic carbocycles. The summed E-state index contributed by atoms with van der Waals surface area (Å²) in [7, 11) is 0. The van der Waals surface area contributed by atoms with Crippen LogP contribution in [-0.4, -0.2) is 34.8 Å². The van der Waals surface area contributed by atoms with Crippen molar-refractivity contribution in [3.8, 4) is 0 Å². The number of hydrogen-bond donors (Lipinski definition) is 0. The van der Waals surface area contributed by atoms with Crippen LogP contribution in [0.3, 0.4) is 0 Å². The normalized spacial score (nSPS) is 12.6. The number of ether oxygens (including phenoxy) is 2. The number of carbonyl (C=O) groups is 2. The fourth-order valence-corrected chi connectivity index (χ4v) is 1.26. The fourth-order valence-electron chi connectivity index (χ4n) is 1.12. The number of nitrogens with zero attached hydrogens (tertiary/aromatic N) is 1. The van der Waals surface area contributed by atoms with E-state index in [1.54, 1.807) is 53.7 Å². The molecule has 0 aliphatic heterocycles. The van der Waals surface area contributed by atoms with E-state index in [1.807, 2.05) is 0 Å². The van der Waals surface area contributed by atoms with E-state index in [0.29, 0.717) is 4.48 Å². The van der Waals surface area contributed by atoms with Crippen molar-refractivity contribution in [2.45, 2.75) is 52.7 Å². The lowest BCUT2D eigenvalue weighted by Gasteiger charge is -2.28. The number of allylic oxidation sites excluding steroid dienone is 2. The summed E-state index contributed by atoms with van der Waals surface area (Å²) in [5.41, 5.74) is -1.40. The van der Waals surface area contributed by atoms with Crippen LogP contribution in [0.2, 0.25) is 0 Å². The van der Waals surface area contributed by atoms with Gasteiger partial charge in [0.2, 0.25) is 0 Å². The van der Waals surface area contributed by atoms with Gasteiger partial charge in [-0.15, -0.1) is 0 Å². The molecule has 0 bridgehead atoms. The maximum absolute atomic E-state index is 12.1. The van der Waals surface area contributed by atoms with Gasteiger partial charge >= 0.3 is 12.2 Å². The lowest BCUT2D eigenvalue weighted by Crippen LogP contribution is -2.43. The summed E-state index contributed by atoms with van der Waals surface area (Å²) >= 11 is 3.24. The Morgan fingerprint density at radius 2 is 1.43 bits per heavy atom. The molecule has 0 aromatic rings. The third kappa shape index (κ3) is 9.28. The molecule has 0 rings (SSSR count). The van der Waals surface area contributed by atoms with E-state index in [-0.39, 0.29) is 6.54 Å². The average Bonchev–Trinajstić information content (AvgIpc) is 2.23. The van der Waals surface area contributed by atoms with Crippen LogP contribution in [0.5, 0.6) is 0 Å². The van der Waals surface area contributed by atoms with Crippen LogP contribution in [0, 0.1) is 0 Å². The van der Waals surface area contributed by atoms with Crippen molar-refractivity contribution in [2.75, 3.05) is 6.54 Å². The van der Waals surface area contributed by atoms with E-state index in [4.69, 9.17) is 9.47 Å². The van der Waals surface area contributed by atoms with Crippen LogP contribution < -0.4 is 0 Å². The van der Waals surface area contributed by atoms with Crippen molar-refractivity contribution >= 4 is 28.1 Å². The highest BCUT2D eigenvalue weighted by Crippen LogP contribution is 2.15. The smallest absolute Gasteiger partial charge is 0.420 e. The molecule has 6 heteroatoms. The first kappa shape index (κ1) is 19.7. The highest BCUT2D eigenvalue weighted by atomic mass is 79.9. The molecule has 0 saturated heterocycles. The van der Waals surface area contributed by atoms with Crippen LogP contribution in [0.4, 0.5) is 9.59 Å². The van der Waals surface area contributed by atoms with Crippen LogP contribution in [0.1, 0.15) is 41.5 Å². The minimum atomic E-state index is -0.752. The lowest BCUT2D eigenvalue weighted by atomic mass is 10.2. The van der Waals surface area contributed by atoms with Crippen molar-refractivity contribution in [2.24, 2.45) is 0 Å².